The topological polar surface area (TPSA) is 21.3 Å². The van der Waals surface area contributed by atoms with Crippen LogP contribution in [0.3, 0.4) is 0 Å². The molecule has 0 aliphatic rings. The summed E-state index contributed by atoms with van der Waals surface area (Å²) in [7, 11) is 0. The Kier molecular flexibility index (Phi) is 5.43. The molecule has 0 fully saturated rings. The van der Waals surface area contributed by atoms with E-state index in [0.717, 1.165) is 5.75 Å². The van der Waals surface area contributed by atoms with Crippen molar-refractivity contribution in [3.05, 3.63) is 51.7 Å². The smallest absolute Gasteiger partial charge is 0.120 e. The molecule has 1 heterocycles. The fourth-order valence-corrected chi connectivity index (χ4v) is 3.45. The average Bonchev–Trinajstić information content (AvgIpc) is 2.84. The Morgan fingerprint density at radius 3 is 2.43 bits per heavy atom. The van der Waals surface area contributed by atoms with E-state index in [1.165, 1.54) is 16.0 Å². The zero-order valence-electron chi connectivity index (χ0n) is 13.5. The number of hydrogen-bond donors (Lipinski definition) is 1. The Labute approximate surface area is 132 Å². The fourth-order valence-electron chi connectivity index (χ4n) is 2.50. The first-order valence-corrected chi connectivity index (χ1v) is 8.42. The minimum absolute atomic E-state index is 0.205. The maximum absolute atomic E-state index is 5.78. The third-order valence-corrected chi connectivity index (χ3v) is 4.73. The monoisotopic (exact) mass is 303 g/mol. The van der Waals surface area contributed by atoms with E-state index in [1.54, 1.807) is 0 Å². The molecule has 2 rings (SSSR count). The molecule has 0 amide bonds. The highest BCUT2D eigenvalue weighted by atomic mass is 32.1. The summed E-state index contributed by atoms with van der Waals surface area (Å²) >= 11 is 1.82. The molecule has 0 aliphatic carbocycles. The Morgan fingerprint density at radius 1 is 1.05 bits per heavy atom. The van der Waals surface area contributed by atoms with E-state index in [1.807, 2.05) is 17.4 Å². The summed E-state index contributed by atoms with van der Waals surface area (Å²) in [6, 6.07) is 11.2. The van der Waals surface area contributed by atoms with Crippen molar-refractivity contribution in [3.8, 4) is 5.75 Å². The van der Waals surface area contributed by atoms with Crippen molar-refractivity contribution in [2.45, 2.75) is 52.8 Å². The van der Waals surface area contributed by atoms with Gasteiger partial charge in [0.25, 0.3) is 0 Å². The summed E-state index contributed by atoms with van der Waals surface area (Å²) in [5.74, 6) is 0.941. The molecule has 0 bridgehead atoms. The van der Waals surface area contributed by atoms with Crippen LogP contribution in [0.5, 0.6) is 5.75 Å². The number of thiophene rings is 1. The zero-order valence-corrected chi connectivity index (χ0v) is 14.3. The first-order valence-electron chi connectivity index (χ1n) is 7.54. The highest BCUT2D eigenvalue weighted by Gasteiger charge is 2.14. The van der Waals surface area contributed by atoms with E-state index in [2.05, 4.69) is 69.6 Å². The second-order valence-electron chi connectivity index (χ2n) is 5.82. The molecule has 0 spiro atoms. The summed E-state index contributed by atoms with van der Waals surface area (Å²) in [4.78, 5) is 1.41. The van der Waals surface area contributed by atoms with Crippen LogP contribution in [0.2, 0.25) is 0 Å². The molecular formula is C18H25NOS. The molecule has 21 heavy (non-hydrogen) atoms. The second-order valence-corrected chi connectivity index (χ2v) is 6.76. The van der Waals surface area contributed by atoms with Gasteiger partial charge in [0.1, 0.15) is 5.75 Å². The van der Waals surface area contributed by atoms with Crippen LogP contribution in [0.1, 0.15) is 55.8 Å². The Balaban J connectivity index is 2.06. The summed E-state index contributed by atoms with van der Waals surface area (Å²) < 4.78 is 5.78. The van der Waals surface area contributed by atoms with Crippen LogP contribution in [0.25, 0.3) is 0 Å². The van der Waals surface area contributed by atoms with Crippen LogP contribution in [0, 0.1) is 6.92 Å². The minimum atomic E-state index is 0.205. The zero-order chi connectivity index (χ0) is 15.4. The van der Waals surface area contributed by atoms with E-state index in [-0.39, 0.29) is 12.1 Å². The van der Waals surface area contributed by atoms with Gasteiger partial charge in [-0.15, -0.1) is 11.3 Å². The van der Waals surface area contributed by atoms with Gasteiger partial charge in [-0.25, -0.2) is 0 Å². The van der Waals surface area contributed by atoms with E-state index >= 15 is 0 Å². The second kappa shape index (κ2) is 7.10. The molecule has 2 unspecified atom stereocenters. The van der Waals surface area contributed by atoms with Gasteiger partial charge in [-0.1, -0.05) is 12.1 Å². The van der Waals surface area contributed by atoms with E-state index in [0.29, 0.717) is 6.04 Å². The van der Waals surface area contributed by atoms with Crippen molar-refractivity contribution in [1.82, 2.24) is 5.32 Å². The maximum atomic E-state index is 5.78. The quantitative estimate of drug-likeness (QED) is 0.786. The van der Waals surface area contributed by atoms with Gasteiger partial charge in [0.05, 0.1) is 6.10 Å². The van der Waals surface area contributed by atoms with Gasteiger partial charge < -0.3 is 10.1 Å². The van der Waals surface area contributed by atoms with Crippen LogP contribution in [-0.2, 0) is 0 Å². The highest BCUT2D eigenvalue weighted by molar-refractivity contribution is 7.10. The van der Waals surface area contributed by atoms with E-state index in [4.69, 9.17) is 4.74 Å². The molecule has 3 heteroatoms. The van der Waals surface area contributed by atoms with Crippen molar-refractivity contribution in [1.29, 1.82) is 0 Å². The van der Waals surface area contributed by atoms with Gasteiger partial charge in [0.15, 0.2) is 0 Å². The van der Waals surface area contributed by atoms with Crippen molar-refractivity contribution in [2.75, 3.05) is 0 Å². The molecule has 114 valence electrons. The first kappa shape index (κ1) is 16.1. The predicted octanol–water partition coefficient (Wildman–Crippen LogP) is 5.26. The van der Waals surface area contributed by atoms with Crippen molar-refractivity contribution in [2.24, 2.45) is 0 Å². The number of benzene rings is 1. The third-order valence-electron chi connectivity index (χ3n) is 3.52. The van der Waals surface area contributed by atoms with E-state index in [9.17, 15) is 0 Å². The molecule has 0 aliphatic heterocycles. The van der Waals surface area contributed by atoms with Crippen LogP contribution < -0.4 is 10.1 Å². The van der Waals surface area contributed by atoms with Crippen LogP contribution >= 0.6 is 11.3 Å². The molecule has 0 radical (unpaired) electrons. The van der Waals surface area contributed by atoms with Crippen LogP contribution in [0.15, 0.2) is 35.7 Å². The molecule has 0 saturated carbocycles. The van der Waals surface area contributed by atoms with Crippen molar-refractivity contribution in [3.63, 3.8) is 0 Å². The van der Waals surface area contributed by atoms with Gasteiger partial charge in [-0.2, -0.15) is 0 Å². The summed E-state index contributed by atoms with van der Waals surface area (Å²) in [5, 5.41) is 5.83. The van der Waals surface area contributed by atoms with Gasteiger partial charge in [0.2, 0.25) is 0 Å². The van der Waals surface area contributed by atoms with Gasteiger partial charge in [-0.3, -0.25) is 0 Å². The number of nitrogens with one attached hydrogen (secondary N) is 1. The number of aryl methyl sites for hydroxylation is 1. The molecule has 2 atom stereocenters. The molecule has 0 saturated heterocycles. The lowest BCUT2D eigenvalue weighted by molar-refractivity contribution is 0.242. The first-order chi connectivity index (χ1) is 9.97. The Morgan fingerprint density at radius 2 is 1.81 bits per heavy atom. The van der Waals surface area contributed by atoms with Crippen LogP contribution in [-0.4, -0.2) is 6.10 Å². The lowest BCUT2D eigenvalue weighted by Gasteiger charge is -2.21. The van der Waals surface area contributed by atoms with Crippen LogP contribution in [0.4, 0.5) is 0 Å². The average molecular weight is 303 g/mol. The molecule has 2 nitrogen and oxygen atoms in total. The largest absolute Gasteiger partial charge is 0.491 e. The Hall–Kier alpha value is -1.32. The van der Waals surface area contributed by atoms with Gasteiger partial charge in [-0.05, 0) is 69.3 Å². The number of ether oxygens (including phenoxy) is 1. The number of hydrogen-bond acceptors (Lipinski definition) is 3. The Bertz CT molecular complexity index is 576. The maximum Gasteiger partial charge on any atom is 0.120 e. The third kappa shape index (κ3) is 4.32. The van der Waals surface area contributed by atoms with Crippen molar-refractivity contribution < 1.29 is 4.74 Å². The minimum Gasteiger partial charge on any atom is -0.491 e. The standard InChI is InChI=1S/C18H25NOS/c1-12(2)20-17-8-6-7-16(11-17)14(4)19-15(5)18-13(3)9-10-21-18/h6-12,14-15,19H,1-5H3. The molecule has 2 aromatic rings. The lowest BCUT2D eigenvalue weighted by atomic mass is 10.1. The molecule has 1 N–H and O–H groups in total. The van der Waals surface area contributed by atoms with Gasteiger partial charge >= 0.3 is 0 Å². The predicted molar refractivity (Wildman–Crippen MR) is 91.2 cm³/mol. The molecule has 1 aromatic heterocycles. The normalized spacial score (nSPS) is 14.2. The number of rotatable bonds is 6. The fraction of sp³-hybridized carbons (Fsp3) is 0.444. The van der Waals surface area contributed by atoms with Gasteiger partial charge in [0, 0.05) is 17.0 Å². The highest BCUT2D eigenvalue weighted by Crippen LogP contribution is 2.27. The summed E-state index contributed by atoms with van der Waals surface area (Å²) in [6.07, 6.45) is 0.205. The lowest BCUT2D eigenvalue weighted by Crippen LogP contribution is -2.22. The van der Waals surface area contributed by atoms with Crippen molar-refractivity contribution >= 4 is 11.3 Å². The summed E-state index contributed by atoms with van der Waals surface area (Å²) in [6.45, 7) is 10.7. The van der Waals surface area contributed by atoms with E-state index < -0.39 is 0 Å². The summed E-state index contributed by atoms with van der Waals surface area (Å²) in [5.41, 5.74) is 2.62. The molecular weight excluding hydrogens is 278 g/mol. The SMILES string of the molecule is Cc1ccsc1C(C)NC(C)c1cccc(OC(C)C)c1. The molecule has 1 aromatic carbocycles.